The molecule has 5 aliphatic rings. The summed E-state index contributed by atoms with van der Waals surface area (Å²) in [6.45, 7) is 2.82. The number of carbonyl (C=O) groups is 1. The molecule has 8 atom stereocenters. The second kappa shape index (κ2) is 4.49. The largest absolute Gasteiger partial charge is 0.396 e. The van der Waals surface area contributed by atoms with E-state index in [1.165, 1.54) is 37.7 Å². The number of rotatable bonds is 1. The molecule has 0 heterocycles. The highest BCUT2D eigenvalue weighted by Crippen LogP contribution is 2.83. The fourth-order valence-corrected chi connectivity index (χ4v) is 7.84. The third-order valence-electron chi connectivity index (χ3n) is 8.95. The van der Waals surface area contributed by atoms with Crippen molar-refractivity contribution in [1.82, 2.24) is 0 Å². The van der Waals surface area contributed by atoms with Gasteiger partial charge < -0.3 is 10.2 Å². The van der Waals surface area contributed by atoms with E-state index in [9.17, 15) is 15.0 Å². The molecule has 4 saturated carbocycles. The highest BCUT2D eigenvalue weighted by atomic mass is 16.3. The second-order valence-corrected chi connectivity index (χ2v) is 9.30. The maximum Gasteiger partial charge on any atom is 0.184 e. The van der Waals surface area contributed by atoms with Crippen molar-refractivity contribution in [3.63, 3.8) is 0 Å². The summed E-state index contributed by atoms with van der Waals surface area (Å²) in [6.07, 6.45) is 8.98. The van der Waals surface area contributed by atoms with Crippen molar-refractivity contribution in [2.45, 2.75) is 58.0 Å². The molecule has 0 bridgehead atoms. The lowest BCUT2D eigenvalue weighted by Crippen LogP contribution is -2.50. The molecular formula is C20H28O3. The molecule has 5 aliphatic carbocycles. The number of aliphatic hydroxyl groups excluding tert-OH is 2. The lowest BCUT2D eigenvalue weighted by atomic mass is 9.48. The highest BCUT2D eigenvalue weighted by Gasteiger charge is 2.76. The van der Waals surface area contributed by atoms with E-state index < -0.39 is 6.10 Å². The molecule has 4 fully saturated rings. The third-order valence-corrected chi connectivity index (χ3v) is 8.95. The molecule has 0 saturated heterocycles. The van der Waals surface area contributed by atoms with Gasteiger partial charge in [0.25, 0.3) is 0 Å². The molecule has 0 aromatic heterocycles. The van der Waals surface area contributed by atoms with Gasteiger partial charge in [0, 0.05) is 6.61 Å². The highest BCUT2D eigenvalue weighted by molar-refractivity contribution is 5.95. The van der Waals surface area contributed by atoms with Gasteiger partial charge >= 0.3 is 0 Å². The minimum Gasteiger partial charge on any atom is -0.396 e. The van der Waals surface area contributed by atoms with E-state index in [-0.39, 0.29) is 5.78 Å². The van der Waals surface area contributed by atoms with Crippen molar-refractivity contribution in [3.8, 4) is 0 Å². The van der Waals surface area contributed by atoms with Crippen LogP contribution in [0, 0.1) is 40.4 Å². The van der Waals surface area contributed by atoms with Crippen molar-refractivity contribution in [1.29, 1.82) is 0 Å². The molecule has 1 unspecified atom stereocenters. The zero-order valence-electron chi connectivity index (χ0n) is 14.0. The summed E-state index contributed by atoms with van der Waals surface area (Å²) in [6, 6.07) is 0. The summed E-state index contributed by atoms with van der Waals surface area (Å²) in [5, 5.41) is 19.9. The summed E-state index contributed by atoms with van der Waals surface area (Å²) in [4.78, 5) is 11.8. The van der Waals surface area contributed by atoms with Crippen LogP contribution in [0.3, 0.4) is 0 Å². The number of hydrogen-bond acceptors (Lipinski definition) is 3. The number of ketones is 1. The van der Waals surface area contributed by atoms with Crippen molar-refractivity contribution in [2.24, 2.45) is 40.4 Å². The van der Waals surface area contributed by atoms with E-state index in [4.69, 9.17) is 0 Å². The molecule has 0 aromatic rings. The Labute approximate surface area is 138 Å². The van der Waals surface area contributed by atoms with E-state index in [1.807, 2.05) is 0 Å². The summed E-state index contributed by atoms with van der Waals surface area (Å²) in [5.74, 6) is 3.11. The second-order valence-electron chi connectivity index (χ2n) is 9.30. The average Bonchev–Trinajstić information content (AvgIpc) is 3.19. The van der Waals surface area contributed by atoms with Gasteiger partial charge in [-0.05, 0) is 91.4 Å². The summed E-state index contributed by atoms with van der Waals surface area (Å²) in [7, 11) is 0. The quantitative estimate of drug-likeness (QED) is 0.782. The maximum atomic E-state index is 11.8. The molecule has 0 aromatic carbocycles. The van der Waals surface area contributed by atoms with E-state index in [0.29, 0.717) is 41.6 Å². The van der Waals surface area contributed by atoms with Gasteiger partial charge in [-0.25, -0.2) is 0 Å². The lowest BCUT2D eigenvalue weighted by Gasteiger charge is -2.56. The smallest absolute Gasteiger partial charge is 0.184 e. The van der Waals surface area contributed by atoms with Crippen molar-refractivity contribution in [3.05, 3.63) is 11.6 Å². The molecule has 3 heteroatoms. The molecule has 23 heavy (non-hydrogen) atoms. The Bertz CT molecular complexity index is 596. The van der Waals surface area contributed by atoms with Crippen LogP contribution in [0.4, 0.5) is 0 Å². The van der Waals surface area contributed by atoms with Crippen LogP contribution in [0.1, 0.15) is 51.9 Å². The van der Waals surface area contributed by atoms with Gasteiger partial charge in [0.15, 0.2) is 5.78 Å². The number of fused-ring (bicyclic) bond motifs is 3. The number of aliphatic hydroxyl groups is 2. The molecule has 0 aliphatic heterocycles. The summed E-state index contributed by atoms with van der Waals surface area (Å²) < 4.78 is 0. The Morgan fingerprint density at radius 1 is 1.30 bits per heavy atom. The predicted octanol–water partition coefficient (Wildman–Crippen LogP) is 2.71. The molecular weight excluding hydrogens is 288 g/mol. The summed E-state index contributed by atoms with van der Waals surface area (Å²) in [5.41, 5.74) is 2.13. The molecule has 0 radical (unpaired) electrons. The zero-order valence-corrected chi connectivity index (χ0v) is 14.0. The standard InChI is InChI=1S/C20H28O3/c1-19-5-4-14-15-8-18(23)17(22)6-11(15)2-3-16(14)20(19)9-12(20)7-13(19)10-21/h6,12-16,18,21,23H,2-5,7-10H2,1H3/t12-,13+,14-,15+,16-,18?,19-,20+/m1/s1. The van der Waals surface area contributed by atoms with Gasteiger partial charge in [-0.1, -0.05) is 12.5 Å². The zero-order chi connectivity index (χ0) is 16.0. The molecule has 5 rings (SSSR count). The monoisotopic (exact) mass is 316 g/mol. The van der Waals surface area contributed by atoms with E-state index in [2.05, 4.69) is 6.92 Å². The van der Waals surface area contributed by atoms with Crippen LogP contribution in [0.2, 0.25) is 0 Å². The first kappa shape index (κ1) is 14.7. The van der Waals surface area contributed by atoms with Crippen molar-refractivity contribution >= 4 is 5.78 Å². The maximum absolute atomic E-state index is 11.8. The van der Waals surface area contributed by atoms with Crippen LogP contribution >= 0.6 is 0 Å². The van der Waals surface area contributed by atoms with Crippen LogP contribution in [-0.4, -0.2) is 28.7 Å². The van der Waals surface area contributed by atoms with Gasteiger partial charge in [-0.2, -0.15) is 0 Å². The van der Waals surface area contributed by atoms with E-state index in [0.717, 1.165) is 18.3 Å². The average molecular weight is 316 g/mol. The Morgan fingerprint density at radius 2 is 2.13 bits per heavy atom. The van der Waals surface area contributed by atoms with Crippen LogP contribution in [0.25, 0.3) is 0 Å². The van der Waals surface area contributed by atoms with Crippen LogP contribution in [0.15, 0.2) is 11.6 Å². The van der Waals surface area contributed by atoms with Gasteiger partial charge in [-0.3, -0.25) is 4.79 Å². The fraction of sp³-hybridized carbons (Fsp3) is 0.850. The van der Waals surface area contributed by atoms with Crippen LogP contribution in [0.5, 0.6) is 0 Å². The number of carbonyl (C=O) groups excluding carboxylic acids is 1. The predicted molar refractivity (Wildman–Crippen MR) is 86.5 cm³/mol. The SMILES string of the molecule is C[C@]12CC[C@H]3[C@@H](CCC4=CC(=O)C(O)C[C@@H]43)[C@@]13C[C@H]3C[C@H]2CO. The Kier molecular flexibility index (Phi) is 2.86. The first-order chi connectivity index (χ1) is 11.0. The molecule has 1 spiro atoms. The van der Waals surface area contributed by atoms with Gasteiger partial charge in [0.05, 0.1) is 0 Å². The molecule has 126 valence electrons. The Morgan fingerprint density at radius 3 is 2.91 bits per heavy atom. The fourth-order valence-electron chi connectivity index (χ4n) is 7.84. The molecule has 3 nitrogen and oxygen atoms in total. The number of hydrogen-bond donors (Lipinski definition) is 2. The minimum absolute atomic E-state index is 0.0704. The van der Waals surface area contributed by atoms with Crippen LogP contribution < -0.4 is 0 Å². The third kappa shape index (κ3) is 1.61. The van der Waals surface area contributed by atoms with Crippen LogP contribution in [-0.2, 0) is 4.79 Å². The van der Waals surface area contributed by atoms with Gasteiger partial charge in [0.1, 0.15) is 6.10 Å². The van der Waals surface area contributed by atoms with Crippen molar-refractivity contribution in [2.75, 3.05) is 6.61 Å². The van der Waals surface area contributed by atoms with Gasteiger partial charge in [0.2, 0.25) is 0 Å². The topological polar surface area (TPSA) is 57.5 Å². The molecule has 0 amide bonds. The minimum atomic E-state index is -0.767. The first-order valence-corrected chi connectivity index (χ1v) is 9.54. The van der Waals surface area contributed by atoms with E-state index in [1.54, 1.807) is 6.08 Å². The lowest BCUT2D eigenvalue weighted by molar-refractivity contribution is -0.125. The summed E-state index contributed by atoms with van der Waals surface area (Å²) >= 11 is 0. The van der Waals surface area contributed by atoms with Crippen molar-refractivity contribution < 1.29 is 15.0 Å². The van der Waals surface area contributed by atoms with E-state index >= 15 is 0 Å². The molecule has 2 N–H and O–H groups in total. The normalized spacial score (nSPS) is 57.0. The van der Waals surface area contributed by atoms with Gasteiger partial charge in [-0.15, -0.1) is 0 Å². The first-order valence-electron chi connectivity index (χ1n) is 9.54. The Balaban J connectivity index is 1.50. The Hall–Kier alpha value is -0.670. The number of allylic oxidation sites excluding steroid dienone is 1.